The number of carbonyl (C=O) groups excluding carboxylic acids is 4. The van der Waals surface area contributed by atoms with Crippen LogP contribution in [0.15, 0.2) is 23.8 Å². The van der Waals surface area contributed by atoms with Gasteiger partial charge in [0.1, 0.15) is 5.57 Å². The Kier molecular flexibility index (Phi) is 7.28. The van der Waals surface area contributed by atoms with Crippen LogP contribution in [0.4, 0.5) is 4.79 Å². The van der Waals surface area contributed by atoms with Gasteiger partial charge in [0.25, 0.3) is 11.8 Å². The number of nitrogens with zero attached hydrogens (tertiary/aromatic N) is 1. The van der Waals surface area contributed by atoms with Crippen molar-refractivity contribution >= 4 is 29.9 Å². The molecule has 4 amide bonds. The van der Waals surface area contributed by atoms with Gasteiger partial charge in [-0.2, -0.15) is 0 Å². The average molecular weight is 430 g/mol. The first-order chi connectivity index (χ1) is 14.9. The maximum Gasteiger partial charge on any atom is 0.344 e. The number of hydrogen-bond donors (Lipinski definition) is 1. The molecule has 9 heteroatoms. The molecule has 0 spiro atoms. The lowest BCUT2D eigenvalue weighted by Gasteiger charge is -2.31. The summed E-state index contributed by atoms with van der Waals surface area (Å²) >= 11 is 0. The minimum Gasteiger partial charge on any atom is -0.490 e. The highest BCUT2D eigenvalue weighted by atomic mass is 16.6. The molecule has 1 saturated heterocycles. The Morgan fingerprint density at radius 2 is 1.84 bits per heavy atom. The number of carbonyl (C=O) groups is 4. The molecule has 1 aliphatic carbocycles. The van der Waals surface area contributed by atoms with Crippen molar-refractivity contribution in [3.8, 4) is 11.5 Å². The molecule has 2 aliphatic rings. The number of hydrogen-bond acceptors (Lipinski definition) is 7. The van der Waals surface area contributed by atoms with Crippen LogP contribution in [-0.2, 0) is 19.1 Å². The van der Waals surface area contributed by atoms with Crippen LogP contribution < -0.4 is 14.8 Å². The number of imide groups is 2. The van der Waals surface area contributed by atoms with Gasteiger partial charge in [0.05, 0.1) is 13.2 Å². The number of urea groups is 1. The molecule has 1 heterocycles. The van der Waals surface area contributed by atoms with E-state index in [-0.39, 0.29) is 24.8 Å². The molecule has 166 valence electrons. The second-order valence-corrected chi connectivity index (χ2v) is 7.16. The van der Waals surface area contributed by atoms with E-state index in [0.29, 0.717) is 23.7 Å². The highest BCUT2D eigenvalue weighted by Gasteiger charge is 2.40. The smallest absolute Gasteiger partial charge is 0.344 e. The van der Waals surface area contributed by atoms with Crippen molar-refractivity contribution in [2.45, 2.75) is 45.6 Å². The van der Waals surface area contributed by atoms with Crippen LogP contribution in [-0.4, -0.2) is 54.6 Å². The van der Waals surface area contributed by atoms with E-state index < -0.39 is 23.8 Å². The maximum absolute atomic E-state index is 12.9. The Morgan fingerprint density at radius 3 is 2.52 bits per heavy atom. The molecule has 1 N–H and O–H groups in total. The molecule has 9 nitrogen and oxygen atoms in total. The zero-order chi connectivity index (χ0) is 22.4. The summed E-state index contributed by atoms with van der Waals surface area (Å²) in [5.41, 5.74) is 0.403. The molecular formula is C22H26N2O7. The van der Waals surface area contributed by atoms with Crippen LogP contribution in [0, 0.1) is 0 Å². The first kappa shape index (κ1) is 22.3. The summed E-state index contributed by atoms with van der Waals surface area (Å²) < 4.78 is 15.9. The fourth-order valence-electron chi connectivity index (χ4n) is 3.67. The third-order valence-corrected chi connectivity index (χ3v) is 5.05. The van der Waals surface area contributed by atoms with Gasteiger partial charge in [0.2, 0.25) is 0 Å². The zero-order valence-electron chi connectivity index (χ0n) is 17.6. The van der Waals surface area contributed by atoms with E-state index in [0.717, 1.165) is 30.6 Å². The molecule has 1 saturated carbocycles. The van der Waals surface area contributed by atoms with E-state index in [4.69, 9.17) is 14.2 Å². The van der Waals surface area contributed by atoms with Crippen LogP contribution in [0.25, 0.3) is 6.08 Å². The average Bonchev–Trinajstić information content (AvgIpc) is 3.25. The van der Waals surface area contributed by atoms with E-state index in [1.54, 1.807) is 32.0 Å². The number of nitrogens with one attached hydrogen (secondary N) is 1. The highest BCUT2D eigenvalue weighted by Crippen LogP contribution is 2.31. The molecule has 0 atom stereocenters. The van der Waals surface area contributed by atoms with Crippen molar-refractivity contribution in [3.63, 3.8) is 0 Å². The van der Waals surface area contributed by atoms with Gasteiger partial charge < -0.3 is 14.2 Å². The first-order valence-corrected chi connectivity index (χ1v) is 10.4. The summed E-state index contributed by atoms with van der Waals surface area (Å²) in [4.78, 5) is 50.2. The second-order valence-electron chi connectivity index (χ2n) is 7.16. The first-order valence-electron chi connectivity index (χ1n) is 10.4. The normalized spacial score (nSPS) is 18.3. The van der Waals surface area contributed by atoms with Gasteiger partial charge in [0, 0.05) is 6.04 Å². The lowest BCUT2D eigenvalue weighted by atomic mass is 10.0. The largest absolute Gasteiger partial charge is 0.490 e. The predicted octanol–water partition coefficient (Wildman–Crippen LogP) is 2.43. The Morgan fingerprint density at radius 1 is 1.10 bits per heavy atom. The molecule has 1 aromatic rings. The molecule has 0 aromatic heterocycles. The lowest BCUT2D eigenvalue weighted by molar-refractivity contribution is -0.145. The Bertz CT molecular complexity index is 903. The molecule has 2 fully saturated rings. The van der Waals surface area contributed by atoms with Gasteiger partial charge in [-0.1, -0.05) is 18.9 Å². The van der Waals surface area contributed by atoms with Gasteiger partial charge in [-0.15, -0.1) is 0 Å². The van der Waals surface area contributed by atoms with Gasteiger partial charge in [-0.05, 0) is 50.5 Å². The zero-order valence-corrected chi connectivity index (χ0v) is 17.6. The molecule has 0 unspecified atom stereocenters. The van der Waals surface area contributed by atoms with E-state index in [1.807, 2.05) is 0 Å². The minimum absolute atomic E-state index is 0.117. The lowest BCUT2D eigenvalue weighted by Crippen LogP contribution is -2.57. The van der Waals surface area contributed by atoms with Crippen molar-refractivity contribution in [3.05, 3.63) is 29.3 Å². The summed E-state index contributed by atoms with van der Waals surface area (Å²) in [6.07, 6.45) is 4.78. The quantitative estimate of drug-likeness (QED) is 0.383. The monoisotopic (exact) mass is 430 g/mol. The van der Waals surface area contributed by atoms with E-state index in [9.17, 15) is 19.2 Å². The molecule has 0 radical (unpaired) electrons. The number of ether oxygens (including phenoxy) is 3. The number of esters is 1. The number of barbiturate groups is 1. The van der Waals surface area contributed by atoms with E-state index >= 15 is 0 Å². The van der Waals surface area contributed by atoms with E-state index in [1.165, 1.54) is 6.08 Å². The molecule has 1 aromatic carbocycles. The number of amides is 4. The number of rotatable bonds is 8. The molecule has 0 bridgehead atoms. The Balaban J connectivity index is 1.84. The van der Waals surface area contributed by atoms with Gasteiger partial charge in [0.15, 0.2) is 18.1 Å². The van der Waals surface area contributed by atoms with Crippen LogP contribution in [0.2, 0.25) is 0 Å². The Hall–Kier alpha value is -3.36. The van der Waals surface area contributed by atoms with Crippen LogP contribution in [0.3, 0.4) is 0 Å². The molecule has 1 aliphatic heterocycles. The topological polar surface area (TPSA) is 111 Å². The molecule has 31 heavy (non-hydrogen) atoms. The van der Waals surface area contributed by atoms with Crippen molar-refractivity contribution in [2.24, 2.45) is 0 Å². The van der Waals surface area contributed by atoms with Crippen LogP contribution in [0.5, 0.6) is 11.5 Å². The number of benzene rings is 1. The predicted molar refractivity (Wildman–Crippen MR) is 110 cm³/mol. The summed E-state index contributed by atoms with van der Waals surface area (Å²) in [6.45, 7) is 3.83. The van der Waals surface area contributed by atoms with Crippen LogP contribution in [0.1, 0.15) is 45.1 Å². The SMILES string of the molecule is CCOC(=O)COc1ccc(/C=C2/C(=O)NC(=O)N(C3CCCC3)C2=O)cc1OCC. The Labute approximate surface area is 180 Å². The summed E-state index contributed by atoms with van der Waals surface area (Å²) in [5, 5.41) is 2.25. The van der Waals surface area contributed by atoms with Crippen molar-refractivity contribution in [2.75, 3.05) is 19.8 Å². The summed E-state index contributed by atoms with van der Waals surface area (Å²) in [5.74, 6) is -1.14. The highest BCUT2D eigenvalue weighted by molar-refractivity contribution is 6.31. The third-order valence-electron chi connectivity index (χ3n) is 5.05. The van der Waals surface area contributed by atoms with Crippen molar-refractivity contribution < 1.29 is 33.4 Å². The van der Waals surface area contributed by atoms with Gasteiger partial charge in [-0.25, -0.2) is 9.59 Å². The standard InChI is InChI=1S/C22H26N2O7/c1-3-29-18-12-14(9-10-17(18)31-13-19(25)30-4-2)11-16-20(26)23-22(28)24(21(16)27)15-7-5-6-8-15/h9-12,15H,3-8,13H2,1-2H3,(H,23,26,28)/b16-11-. The summed E-state index contributed by atoms with van der Waals surface area (Å²) in [6, 6.07) is 3.96. The van der Waals surface area contributed by atoms with Crippen LogP contribution >= 0.6 is 0 Å². The fraction of sp³-hybridized carbons (Fsp3) is 0.455. The fourth-order valence-corrected chi connectivity index (χ4v) is 3.67. The third kappa shape index (κ3) is 5.22. The minimum atomic E-state index is -0.732. The second kappa shape index (κ2) is 10.1. The van der Waals surface area contributed by atoms with Crippen molar-refractivity contribution in [1.82, 2.24) is 10.2 Å². The van der Waals surface area contributed by atoms with Gasteiger partial charge >= 0.3 is 12.0 Å². The van der Waals surface area contributed by atoms with Crippen molar-refractivity contribution in [1.29, 1.82) is 0 Å². The van der Waals surface area contributed by atoms with Gasteiger partial charge in [-0.3, -0.25) is 19.8 Å². The molecule has 3 rings (SSSR count). The maximum atomic E-state index is 12.9. The molecular weight excluding hydrogens is 404 g/mol. The summed E-state index contributed by atoms with van der Waals surface area (Å²) in [7, 11) is 0. The van der Waals surface area contributed by atoms with E-state index in [2.05, 4.69) is 5.32 Å².